The lowest BCUT2D eigenvalue weighted by Crippen LogP contribution is -2.33. The van der Waals surface area contributed by atoms with Gasteiger partial charge in [-0.25, -0.2) is 4.98 Å². The summed E-state index contributed by atoms with van der Waals surface area (Å²) in [5.41, 5.74) is 6.44. The van der Waals surface area contributed by atoms with Crippen LogP contribution < -0.4 is 10.5 Å². The van der Waals surface area contributed by atoms with Crippen LogP contribution in [0, 0.1) is 0 Å². The van der Waals surface area contributed by atoms with Crippen molar-refractivity contribution in [1.82, 2.24) is 19.5 Å². The molecule has 0 saturated carbocycles. The Hall–Kier alpha value is -2.31. The Bertz CT molecular complexity index is 901. The average molecular weight is 379 g/mol. The minimum Gasteiger partial charge on any atom is -0.470 e. The van der Waals surface area contributed by atoms with Crippen LogP contribution in [0.25, 0.3) is 11.2 Å². The van der Waals surface area contributed by atoms with Crippen LogP contribution in [0.3, 0.4) is 0 Å². The highest BCUT2D eigenvalue weighted by molar-refractivity contribution is 7.09. The standard InChI is InChI=1S/C15H17N5O5S/c16-15-18-12-9(13(19-15)24-5-7-2-1-3-26-7)17-6-20(12)14-11(23)10(22)8(4-21)25-14/h1-3,6,8,10-11,14,21-23H,4-5H2,(H2,16,18,19). The van der Waals surface area contributed by atoms with Gasteiger partial charge in [0.05, 0.1) is 12.9 Å². The fraction of sp³-hybridized carbons (Fsp3) is 0.400. The summed E-state index contributed by atoms with van der Waals surface area (Å²) < 4.78 is 12.7. The molecular formula is C15H17N5O5S. The number of aliphatic hydroxyl groups excluding tert-OH is 3. The molecule has 5 N–H and O–H groups in total. The number of rotatable bonds is 5. The number of hydrogen-bond donors (Lipinski definition) is 4. The zero-order chi connectivity index (χ0) is 18.3. The van der Waals surface area contributed by atoms with Gasteiger partial charge < -0.3 is 30.5 Å². The van der Waals surface area contributed by atoms with Crippen molar-refractivity contribution in [2.75, 3.05) is 12.3 Å². The molecule has 11 heteroatoms. The van der Waals surface area contributed by atoms with Gasteiger partial charge in [0, 0.05) is 4.88 Å². The predicted molar refractivity (Wildman–Crippen MR) is 91.4 cm³/mol. The molecule has 0 bridgehead atoms. The van der Waals surface area contributed by atoms with Crippen molar-refractivity contribution in [3.63, 3.8) is 0 Å². The summed E-state index contributed by atoms with van der Waals surface area (Å²) in [6, 6.07) is 3.86. The first kappa shape index (κ1) is 17.1. The zero-order valence-electron chi connectivity index (χ0n) is 13.5. The van der Waals surface area contributed by atoms with Crippen LogP contribution in [0.1, 0.15) is 11.1 Å². The second-order valence-corrected chi connectivity index (χ2v) is 6.84. The Kier molecular flexibility index (Phi) is 4.46. The van der Waals surface area contributed by atoms with Crippen LogP contribution in [0.5, 0.6) is 5.88 Å². The van der Waals surface area contributed by atoms with E-state index in [1.54, 1.807) is 11.3 Å². The van der Waals surface area contributed by atoms with Crippen molar-refractivity contribution in [3.8, 4) is 5.88 Å². The molecule has 0 amide bonds. The van der Waals surface area contributed by atoms with E-state index >= 15 is 0 Å². The summed E-state index contributed by atoms with van der Waals surface area (Å²) in [7, 11) is 0. The number of nitrogens with two attached hydrogens (primary N) is 1. The molecule has 4 atom stereocenters. The minimum absolute atomic E-state index is 0.0211. The van der Waals surface area contributed by atoms with Crippen LogP contribution in [0.2, 0.25) is 0 Å². The van der Waals surface area contributed by atoms with E-state index in [2.05, 4.69) is 15.0 Å². The number of fused-ring (bicyclic) bond motifs is 1. The first-order valence-electron chi connectivity index (χ1n) is 7.86. The fourth-order valence-corrected chi connectivity index (χ4v) is 3.45. The molecule has 1 aliphatic heterocycles. The molecule has 3 aromatic rings. The second-order valence-electron chi connectivity index (χ2n) is 5.81. The van der Waals surface area contributed by atoms with E-state index in [1.807, 2.05) is 17.5 Å². The lowest BCUT2D eigenvalue weighted by molar-refractivity contribution is -0.0511. The van der Waals surface area contributed by atoms with Crippen molar-refractivity contribution in [2.45, 2.75) is 31.1 Å². The topological polar surface area (TPSA) is 149 Å². The van der Waals surface area contributed by atoms with E-state index < -0.39 is 31.1 Å². The van der Waals surface area contributed by atoms with Gasteiger partial charge in [-0.1, -0.05) is 6.07 Å². The molecule has 4 unspecified atom stereocenters. The Morgan fingerprint density at radius 3 is 2.85 bits per heavy atom. The number of nitrogens with zero attached hydrogens (tertiary/aromatic N) is 4. The average Bonchev–Trinajstić information content (AvgIpc) is 3.34. The molecule has 1 saturated heterocycles. The van der Waals surface area contributed by atoms with Gasteiger partial charge >= 0.3 is 0 Å². The number of nitrogen functional groups attached to an aromatic ring is 1. The zero-order valence-corrected chi connectivity index (χ0v) is 14.3. The SMILES string of the molecule is Nc1nc(OCc2cccs2)c2ncn(C3OC(CO)C(O)C3O)c2n1. The third kappa shape index (κ3) is 2.89. The van der Waals surface area contributed by atoms with E-state index in [0.717, 1.165) is 4.88 Å². The van der Waals surface area contributed by atoms with Gasteiger partial charge in [0.25, 0.3) is 0 Å². The number of aliphatic hydroxyl groups is 3. The maximum absolute atomic E-state index is 10.2. The van der Waals surface area contributed by atoms with Crippen LogP contribution in [-0.2, 0) is 11.3 Å². The van der Waals surface area contributed by atoms with Crippen molar-refractivity contribution in [2.24, 2.45) is 0 Å². The third-order valence-electron chi connectivity index (χ3n) is 4.13. The van der Waals surface area contributed by atoms with E-state index in [4.69, 9.17) is 15.2 Å². The fourth-order valence-electron chi connectivity index (χ4n) is 2.84. The number of hydrogen-bond acceptors (Lipinski definition) is 10. The number of anilines is 1. The minimum atomic E-state index is -1.25. The summed E-state index contributed by atoms with van der Waals surface area (Å²) >= 11 is 1.55. The number of thiophene rings is 1. The molecule has 1 aliphatic rings. The number of imidazole rings is 1. The van der Waals surface area contributed by atoms with Crippen molar-refractivity contribution >= 4 is 28.4 Å². The molecular weight excluding hydrogens is 362 g/mol. The lowest BCUT2D eigenvalue weighted by atomic mass is 10.1. The molecule has 1 fully saturated rings. The Balaban J connectivity index is 1.67. The first-order valence-corrected chi connectivity index (χ1v) is 8.74. The monoisotopic (exact) mass is 379 g/mol. The molecule has 4 rings (SSSR count). The largest absolute Gasteiger partial charge is 0.470 e. The van der Waals surface area contributed by atoms with Crippen LogP contribution in [-0.4, -0.2) is 59.8 Å². The van der Waals surface area contributed by atoms with Crippen molar-refractivity contribution < 1.29 is 24.8 Å². The predicted octanol–water partition coefficient (Wildman–Crippen LogP) is -0.339. The summed E-state index contributed by atoms with van der Waals surface area (Å²) in [6.07, 6.45) is -2.95. The Morgan fingerprint density at radius 1 is 1.31 bits per heavy atom. The number of ether oxygens (including phenoxy) is 2. The van der Waals surface area contributed by atoms with Gasteiger partial charge in [0.2, 0.25) is 11.8 Å². The maximum Gasteiger partial charge on any atom is 0.247 e. The highest BCUT2D eigenvalue weighted by Gasteiger charge is 2.44. The summed E-state index contributed by atoms with van der Waals surface area (Å²) in [5.74, 6) is 0.193. The Morgan fingerprint density at radius 2 is 2.15 bits per heavy atom. The molecule has 0 aromatic carbocycles. The van der Waals surface area contributed by atoms with Gasteiger partial charge in [-0.15, -0.1) is 11.3 Å². The second kappa shape index (κ2) is 6.78. The molecule has 138 valence electrons. The molecule has 26 heavy (non-hydrogen) atoms. The van der Waals surface area contributed by atoms with Crippen LogP contribution >= 0.6 is 11.3 Å². The van der Waals surface area contributed by atoms with Crippen molar-refractivity contribution in [1.29, 1.82) is 0 Å². The molecule has 10 nitrogen and oxygen atoms in total. The number of aromatic nitrogens is 4. The third-order valence-corrected chi connectivity index (χ3v) is 4.98. The van der Waals surface area contributed by atoms with Gasteiger partial charge in [-0.05, 0) is 11.4 Å². The normalized spacial score (nSPS) is 25.8. The molecule has 0 spiro atoms. The van der Waals surface area contributed by atoms with Crippen molar-refractivity contribution in [3.05, 3.63) is 28.7 Å². The quantitative estimate of drug-likeness (QED) is 0.467. The van der Waals surface area contributed by atoms with Gasteiger partial charge in [-0.2, -0.15) is 9.97 Å². The first-order chi connectivity index (χ1) is 12.6. The van der Waals surface area contributed by atoms with E-state index in [0.29, 0.717) is 17.8 Å². The summed E-state index contributed by atoms with van der Waals surface area (Å²) in [5, 5.41) is 31.4. The van der Waals surface area contributed by atoms with E-state index in [1.165, 1.54) is 10.9 Å². The van der Waals surface area contributed by atoms with Crippen LogP contribution in [0.15, 0.2) is 23.8 Å². The molecule has 0 radical (unpaired) electrons. The highest BCUT2D eigenvalue weighted by Crippen LogP contribution is 2.33. The molecule has 3 aromatic heterocycles. The van der Waals surface area contributed by atoms with E-state index in [9.17, 15) is 15.3 Å². The van der Waals surface area contributed by atoms with Gasteiger partial charge in [0.1, 0.15) is 24.9 Å². The van der Waals surface area contributed by atoms with Gasteiger partial charge in [0.15, 0.2) is 17.4 Å². The summed E-state index contributed by atoms with van der Waals surface area (Å²) in [4.78, 5) is 13.5. The lowest BCUT2D eigenvalue weighted by Gasteiger charge is -2.16. The smallest absolute Gasteiger partial charge is 0.247 e. The van der Waals surface area contributed by atoms with Gasteiger partial charge in [-0.3, -0.25) is 4.57 Å². The maximum atomic E-state index is 10.2. The molecule has 4 heterocycles. The highest BCUT2D eigenvalue weighted by atomic mass is 32.1. The molecule has 0 aliphatic carbocycles. The Labute approximate surface area is 151 Å². The van der Waals surface area contributed by atoms with E-state index in [-0.39, 0.29) is 11.8 Å². The summed E-state index contributed by atoms with van der Waals surface area (Å²) in [6.45, 7) is -0.114. The van der Waals surface area contributed by atoms with Crippen LogP contribution in [0.4, 0.5) is 5.95 Å².